The summed E-state index contributed by atoms with van der Waals surface area (Å²) in [6.45, 7) is 3.87. The molecule has 0 aliphatic heterocycles. The molecule has 0 amide bonds. The third-order valence-electron chi connectivity index (χ3n) is 11.4. The number of esters is 1. The van der Waals surface area contributed by atoms with Gasteiger partial charge >= 0.3 is 5.97 Å². The maximum atomic E-state index is 12.9. The van der Waals surface area contributed by atoms with Gasteiger partial charge in [-0.05, 0) is 92.8 Å². The fourth-order valence-corrected chi connectivity index (χ4v) is 10.0. The van der Waals surface area contributed by atoms with Crippen molar-refractivity contribution in [3.05, 3.63) is 0 Å². The van der Waals surface area contributed by atoms with E-state index in [0.29, 0.717) is 40.5 Å². The largest absolute Gasteiger partial charge is 0.463 e. The SMILES string of the molecule is CC(=O)O[C@H]1CC[C@@]23C[C@]2(C1)C(NC1CCCCC1)C[C@@H]1[C@@H]3CC[C@]2(C)C(=O)CC[C@@H]12.Cl. The summed E-state index contributed by atoms with van der Waals surface area (Å²) in [6.07, 6.45) is 17.1. The molecule has 0 aromatic heterocycles. The van der Waals surface area contributed by atoms with Crippen LogP contribution in [0.25, 0.3) is 0 Å². The van der Waals surface area contributed by atoms with Gasteiger partial charge in [0.25, 0.3) is 0 Å². The van der Waals surface area contributed by atoms with Crippen molar-refractivity contribution in [1.82, 2.24) is 5.32 Å². The fraction of sp³-hybridized carbons (Fsp3) is 0.926. The quantitative estimate of drug-likeness (QED) is 0.553. The van der Waals surface area contributed by atoms with Crippen LogP contribution in [-0.2, 0) is 14.3 Å². The minimum atomic E-state index is -0.113. The van der Waals surface area contributed by atoms with Gasteiger partial charge in [0, 0.05) is 30.8 Å². The van der Waals surface area contributed by atoms with Gasteiger partial charge in [-0.15, -0.1) is 12.4 Å². The molecule has 1 N–H and O–H groups in total. The molecule has 0 aromatic carbocycles. The van der Waals surface area contributed by atoms with E-state index in [2.05, 4.69) is 12.2 Å². The van der Waals surface area contributed by atoms with Gasteiger partial charge in [-0.1, -0.05) is 26.2 Å². The Morgan fingerprint density at radius 1 is 1.00 bits per heavy atom. The molecule has 0 aromatic rings. The van der Waals surface area contributed by atoms with Crippen LogP contribution in [0, 0.1) is 34.0 Å². The van der Waals surface area contributed by atoms with Crippen LogP contribution in [0.4, 0.5) is 0 Å². The molecule has 0 saturated heterocycles. The molecule has 0 heterocycles. The normalized spacial score (nSPS) is 49.7. The Morgan fingerprint density at radius 2 is 1.78 bits per heavy atom. The Bertz CT molecular complexity index is 781. The number of ether oxygens (including phenoxy) is 1. The summed E-state index contributed by atoms with van der Waals surface area (Å²) >= 11 is 0. The Hall–Kier alpha value is -0.610. The Kier molecular flexibility index (Phi) is 5.76. The highest BCUT2D eigenvalue weighted by Crippen LogP contribution is 2.82. The molecule has 6 saturated carbocycles. The van der Waals surface area contributed by atoms with Crippen LogP contribution in [-0.4, -0.2) is 29.9 Å². The van der Waals surface area contributed by atoms with E-state index in [9.17, 15) is 9.59 Å². The van der Waals surface area contributed by atoms with Gasteiger partial charge in [-0.25, -0.2) is 0 Å². The standard InChI is InChI=1S/C27H41NO3.ClH/c1-17(29)31-19-10-13-26-16-27(26,15-19)23(28-18-6-4-3-5-7-18)14-20-21-8-9-24(30)25(21,2)12-11-22(20)26;/h18-23,28H,3-16H2,1-2H3;1H/t19-,20-,21-,22-,23?,25-,26-,27+;/m0./s1. The summed E-state index contributed by atoms with van der Waals surface area (Å²) in [5.41, 5.74) is 0.739. The molecule has 0 spiro atoms. The van der Waals surface area contributed by atoms with Crippen LogP contribution in [0.5, 0.6) is 0 Å². The first kappa shape index (κ1) is 23.1. The second-order valence-corrected chi connectivity index (χ2v) is 12.5. The first-order chi connectivity index (χ1) is 14.9. The molecule has 180 valence electrons. The molecule has 32 heavy (non-hydrogen) atoms. The lowest BCUT2D eigenvalue weighted by Gasteiger charge is -2.57. The van der Waals surface area contributed by atoms with Crippen LogP contribution < -0.4 is 5.32 Å². The van der Waals surface area contributed by atoms with Gasteiger partial charge in [-0.2, -0.15) is 0 Å². The van der Waals surface area contributed by atoms with E-state index in [1.807, 2.05) is 0 Å². The average molecular weight is 464 g/mol. The first-order valence-electron chi connectivity index (χ1n) is 13.3. The number of fused-ring (bicyclic) bond motifs is 3. The van der Waals surface area contributed by atoms with Crippen molar-refractivity contribution < 1.29 is 14.3 Å². The van der Waals surface area contributed by atoms with E-state index in [1.165, 1.54) is 57.8 Å². The number of hydrogen-bond donors (Lipinski definition) is 1. The molecule has 1 unspecified atom stereocenters. The summed E-state index contributed by atoms with van der Waals surface area (Å²) < 4.78 is 5.79. The number of carbonyl (C=O) groups is 2. The molecule has 6 fully saturated rings. The van der Waals surface area contributed by atoms with Gasteiger partial charge in [0.2, 0.25) is 0 Å². The summed E-state index contributed by atoms with van der Waals surface area (Å²) in [7, 11) is 0. The molecule has 6 aliphatic carbocycles. The molecule has 6 aliphatic rings. The van der Waals surface area contributed by atoms with Crippen LogP contribution in [0.1, 0.15) is 104 Å². The number of rotatable bonds is 3. The molecular weight excluding hydrogens is 422 g/mol. The number of carbonyl (C=O) groups excluding carboxylic acids is 2. The third-order valence-corrected chi connectivity index (χ3v) is 11.4. The Labute approximate surface area is 199 Å². The smallest absolute Gasteiger partial charge is 0.302 e. The Balaban J connectivity index is 0.00000216. The van der Waals surface area contributed by atoms with E-state index in [4.69, 9.17) is 4.74 Å². The van der Waals surface area contributed by atoms with E-state index in [0.717, 1.165) is 38.0 Å². The minimum Gasteiger partial charge on any atom is -0.463 e. The number of ketones is 1. The summed E-state index contributed by atoms with van der Waals surface area (Å²) in [5, 5.41) is 4.22. The topological polar surface area (TPSA) is 55.4 Å². The van der Waals surface area contributed by atoms with E-state index < -0.39 is 0 Å². The van der Waals surface area contributed by atoms with Crippen molar-refractivity contribution in [3.8, 4) is 0 Å². The average Bonchev–Trinajstić information content (AvgIpc) is 3.35. The van der Waals surface area contributed by atoms with Gasteiger partial charge in [0.05, 0.1) is 0 Å². The van der Waals surface area contributed by atoms with Crippen LogP contribution in [0.15, 0.2) is 0 Å². The van der Waals surface area contributed by atoms with Gasteiger partial charge in [0.15, 0.2) is 0 Å². The summed E-state index contributed by atoms with van der Waals surface area (Å²) in [4.78, 5) is 24.6. The highest BCUT2D eigenvalue weighted by Gasteiger charge is 2.79. The number of hydrogen-bond acceptors (Lipinski definition) is 4. The summed E-state index contributed by atoms with van der Waals surface area (Å²) in [5.74, 6) is 2.55. The van der Waals surface area contributed by atoms with Crippen molar-refractivity contribution in [1.29, 1.82) is 0 Å². The molecular formula is C27H42ClNO3. The minimum absolute atomic E-state index is 0. The molecule has 4 nitrogen and oxygen atoms in total. The van der Waals surface area contributed by atoms with E-state index >= 15 is 0 Å². The lowest BCUT2D eigenvalue weighted by atomic mass is 9.49. The van der Waals surface area contributed by atoms with Crippen molar-refractivity contribution in [2.75, 3.05) is 0 Å². The van der Waals surface area contributed by atoms with Crippen molar-refractivity contribution in [2.45, 2.75) is 122 Å². The van der Waals surface area contributed by atoms with Gasteiger partial charge < -0.3 is 10.1 Å². The zero-order chi connectivity index (χ0) is 21.4. The zero-order valence-corrected chi connectivity index (χ0v) is 20.8. The predicted molar refractivity (Wildman–Crippen MR) is 127 cm³/mol. The summed E-state index contributed by atoms with van der Waals surface area (Å²) in [6, 6.07) is 1.21. The van der Waals surface area contributed by atoms with Gasteiger partial charge in [-0.3, -0.25) is 9.59 Å². The zero-order valence-electron chi connectivity index (χ0n) is 20.0. The van der Waals surface area contributed by atoms with E-state index in [-0.39, 0.29) is 29.9 Å². The maximum absolute atomic E-state index is 12.9. The number of halogens is 1. The molecule has 0 radical (unpaired) electrons. The third kappa shape index (κ3) is 3.17. The molecule has 6 rings (SSSR count). The lowest BCUT2D eigenvalue weighted by molar-refractivity contribution is -0.153. The van der Waals surface area contributed by atoms with E-state index in [1.54, 1.807) is 6.92 Å². The van der Waals surface area contributed by atoms with Gasteiger partial charge in [0.1, 0.15) is 11.9 Å². The highest BCUT2D eigenvalue weighted by molar-refractivity contribution is 5.87. The monoisotopic (exact) mass is 463 g/mol. The second kappa shape index (κ2) is 7.97. The van der Waals surface area contributed by atoms with Crippen molar-refractivity contribution in [2.24, 2.45) is 34.0 Å². The van der Waals surface area contributed by atoms with Crippen molar-refractivity contribution >= 4 is 24.2 Å². The molecule has 8 atom stereocenters. The maximum Gasteiger partial charge on any atom is 0.302 e. The molecule has 0 bridgehead atoms. The van der Waals surface area contributed by atoms with Crippen LogP contribution in [0.3, 0.4) is 0 Å². The second-order valence-electron chi connectivity index (χ2n) is 12.5. The Morgan fingerprint density at radius 3 is 2.53 bits per heavy atom. The fourth-order valence-electron chi connectivity index (χ4n) is 10.0. The number of Topliss-reactive ketones (excluding diaryl/α,β-unsaturated/α-hetero) is 1. The highest BCUT2D eigenvalue weighted by atomic mass is 35.5. The lowest BCUT2D eigenvalue weighted by Crippen LogP contribution is -2.58. The van der Waals surface area contributed by atoms with Crippen LogP contribution >= 0.6 is 12.4 Å². The predicted octanol–water partition coefficient (Wildman–Crippen LogP) is 5.61. The van der Waals surface area contributed by atoms with Crippen molar-refractivity contribution in [3.63, 3.8) is 0 Å². The first-order valence-corrected chi connectivity index (χ1v) is 13.3. The van der Waals surface area contributed by atoms with Crippen LogP contribution in [0.2, 0.25) is 0 Å². The molecule has 5 heteroatoms. The number of nitrogens with one attached hydrogen (secondary N) is 1.